The second-order valence-electron chi connectivity index (χ2n) is 11.0. The van der Waals surface area contributed by atoms with E-state index in [-0.39, 0.29) is 12.0 Å². The number of ether oxygens (including phenoxy) is 2. The SMILES string of the molecule is Cc1cc(NC(=O)c2ccc(OC[C@@H]3CCCO3)cc2)cc2cc(CNC3CCC(C)(O)CC3)n(C)c12. The monoisotopic (exact) mass is 505 g/mol. The molecule has 7 nitrogen and oxygen atoms in total. The van der Waals surface area contributed by atoms with Crippen molar-refractivity contribution >= 4 is 22.5 Å². The van der Waals surface area contributed by atoms with Crippen LogP contribution in [-0.4, -0.2) is 46.5 Å². The molecule has 198 valence electrons. The highest BCUT2D eigenvalue weighted by Gasteiger charge is 2.28. The first-order valence-electron chi connectivity index (χ1n) is 13.5. The third-order valence-electron chi connectivity index (χ3n) is 7.89. The first kappa shape index (κ1) is 25.8. The average Bonchev–Trinajstić information content (AvgIpc) is 3.50. The van der Waals surface area contributed by atoms with Crippen LogP contribution >= 0.6 is 0 Å². The van der Waals surface area contributed by atoms with Crippen LogP contribution in [0.5, 0.6) is 5.75 Å². The molecule has 1 saturated heterocycles. The zero-order valence-corrected chi connectivity index (χ0v) is 22.2. The van der Waals surface area contributed by atoms with Crippen LogP contribution in [0.1, 0.15) is 67.1 Å². The van der Waals surface area contributed by atoms with Gasteiger partial charge in [-0.25, -0.2) is 0 Å². The fourth-order valence-corrected chi connectivity index (χ4v) is 5.60. The highest BCUT2D eigenvalue weighted by molar-refractivity contribution is 6.05. The molecule has 1 atom stereocenters. The lowest BCUT2D eigenvalue weighted by molar-refractivity contribution is 0.0139. The first-order chi connectivity index (χ1) is 17.8. The van der Waals surface area contributed by atoms with Gasteiger partial charge in [-0.2, -0.15) is 0 Å². The normalized spacial score (nSPS) is 23.9. The third-order valence-corrected chi connectivity index (χ3v) is 7.89. The van der Waals surface area contributed by atoms with E-state index >= 15 is 0 Å². The van der Waals surface area contributed by atoms with Gasteiger partial charge in [-0.15, -0.1) is 0 Å². The fraction of sp³-hybridized carbons (Fsp3) is 0.500. The molecular formula is C30H39N3O4. The molecular weight excluding hydrogens is 466 g/mol. The van der Waals surface area contributed by atoms with E-state index in [0.29, 0.717) is 18.2 Å². The number of amides is 1. The summed E-state index contributed by atoms with van der Waals surface area (Å²) in [6.45, 7) is 6.15. The molecule has 7 heteroatoms. The lowest BCUT2D eigenvalue weighted by atomic mass is 9.84. The number of anilines is 1. The Morgan fingerprint density at radius 2 is 1.92 bits per heavy atom. The number of benzene rings is 2. The Kier molecular flexibility index (Phi) is 7.56. The van der Waals surface area contributed by atoms with Crippen molar-refractivity contribution in [2.24, 2.45) is 7.05 Å². The van der Waals surface area contributed by atoms with Crippen LogP contribution in [0.3, 0.4) is 0 Å². The van der Waals surface area contributed by atoms with Crippen molar-refractivity contribution in [1.82, 2.24) is 9.88 Å². The Morgan fingerprint density at radius 1 is 1.16 bits per heavy atom. The van der Waals surface area contributed by atoms with E-state index in [2.05, 4.69) is 35.2 Å². The minimum atomic E-state index is -0.518. The van der Waals surface area contributed by atoms with Crippen LogP contribution in [0.15, 0.2) is 42.5 Å². The molecule has 37 heavy (non-hydrogen) atoms. The summed E-state index contributed by atoms with van der Waals surface area (Å²) in [4.78, 5) is 12.9. The van der Waals surface area contributed by atoms with Gasteiger partial charge in [0.1, 0.15) is 12.4 Å². The van der Waals surface area contributed by atoms with E-state index in [9.17, 15) is 9.90 Å². The highest BCUT2D eigenvalue weighted by Crippen LogP contribution is 2.29. The molecule has 1 amide bonds. The fourth-order valence-electron chi connectivity index (χ4n) is 5.60. The number of aromatic nitrogens is 1. The number of nitrogens with one attached hydrogen (secondary N) is 2. The first-order valence-corrected chi connectivity index (χ1v) is 13.5. The summed E-state index contributed by atoms with van der Waals surface area (Å²) < 4.78 is 13.6. The summed E-state index contributed by atoms with van der Waals surface area (Å²) in [5.41, 5.74) is 4.36. The van der Waals surface area contributed by atoms with Gasteiger partial charge >= 0.3 is 0 Å². The van der Waals surface area contributed by atoms with E-state index < -0.39 is 5.60 Å². The van der Waals surface area contributed by atoms with Crippen LogP contribution in [-0.2, 0) is 18.3 Å². The largest absolute Gasteiger partial charge is 0.491 e. The number of aryl methyl sites for hydroxylation is 2. The highest BCUT2D eigenvalue weighted by atomic mass is 16.5. The van der Waals surface area contributed by atoms with E-state index in [1.54, 1.807) is 12.1 Å². The lowest BCUT2D eigenvalue weighted by Crippen LogP contribution is -2.39. The summed E-state index contributed by atoms with van der Waals surface area (Å²) >= 11 is 0. The van der Waals surface area contributed by atoms with Crippen LogP contribution in [0.25, 0.3) is 10.9 Å². The van der Waals surface area contributed by atoms with Gasteiger partial charge in [0.25, 0.3) is 5.91 Å². The van der Waals surface area contributed by atoms with Crippen LogP contribution in [0, 0.1) is 6.92 Å². The standard InChI is InChI=1S/C30H39N3O4/c1-20-15-24(32-29(34)21-6-8-26(9-7-21)37-19-27-5-4-14-36-27)16-22-17-25(33(3)28(20)22)18-31-23-10-12-30(2,35)13-11-23/h6-9,15-17,23,27,31,35H,4-5,10-14,18-19H2,1-3H3,(H,32,34)/t23?,27-,30?/m0/s1. The van der Waals surface area contributed by atoms with E-state index in [0.717, 1.165) is 74.1 Å². The molecule has 0 spiro atoms. The van der Waals surface area contributed by atoms with Crippen molar-refractivity contribution in [2.45, 2.75) is 76.7 Å². The second kappa shape index (κ2) is 10.9. The molecule has 5 rings (SSSR count). The molecule has 2 heterocycles. The number of nitrogens with zero attached hydrogens (tertiary/aromatic N) is 1. The van der Waals surface area contributed by atoms with E-state index in [4.69, 9.17) is 9.47 Å². The Morgan fingerprint density at radius 3 is 2.62 bits per heavy atom. The molecule has 2 aromatic carbocycles. The van der Waals surface area contributed by atoms with E-state index in [1.165, 1.54) is 11.2 Å². The number of hydrogen-bond acceptors (Lipinski definition) is 5. The van der Waals surface area contributed by atoms with Crippen molar-refractivity contribution < 1.29 is 19.4 Å². The molecule has 2 fully saturated rings. The molecule has 0 unspecified atom stereocenters. The number of carbonyl (C=O) groups is 1. The number of rotatable bonds is 8. The Hall–Kier alpha value is -2.87. The number of hydrogen-bond donors (Lipinski definition) is 3. The average molecular weight is 506 g/mol. The Labute approximate surface area is 219 Å². The van der Waals surface area contributed by atoms with Gasteiger partial charge in [0, 0.05) is 48.6 Å². The molecule has 2 aliphatic rings. The Balaban J connectivity index is 1.21. The minimum Gasteiger partial charge on any atom is -0.491 e. The smallest absolute Gasteiger partial charge is 0.255 e. The maximum absolute atomic E-state index is 12.9. The predicted octanol–water partition coefficient (Wildman–Crippen LogP) is 5.08. The minimum absolute atomic E-state index is 0.143. The summed E-state index contributed by atoms with van der Waals surface area (Å²) in [5.74, 6) is 0.601. The van der Waals surface area contributed by atoms with Crippen LogP contribution < -0.4 is 15.4 Å². The maximum atomic E-state index is 12.9. The lowest BCUT2D eigenvalue weighted by Gasteiger charge is -2.33. The number of aliphatic hydroxyl groups is 1. The van der Waals surface area contributed by atoms with E-state index in [1.807, 2.05) is 31.2 Å². The molecule has 0 radical (unpaired) electrons. The molecule has 1 aliphatic carbocycles. The molecule has 0 bridgehead atoms. The van der Waals surface area contributed by atoms with Gasteiger partial charge in [0.05, 0.1) is 17.2 Å². The summed E-state index contributed by atoms with van der Waals surface area (Å²) in [7, 11) is 2.10. The van der Waals surface area contributed by atoms with Crippen LogP contribution in [0.2, 0.25) is 0 Å². The molecule has 1 aliphatic heterocycles. The third kappa shape index (κ3) is 6.17. The van der Waals surface area contributed by atoms with Gasteiger partial charge in [-0.05, 0) is 100 Å². The van der Waals surface area contributed by atoms with Crippen LogP contribution in [0.4, 0.5) is 5.69 Å². The van der Waals surface area contributed by atoms with Gasteiger partial charge in [0.15, 0.2) is 0 Å². The molecule has 1 saturated carbocycles. The maximum Gasteiger partial charge on any atom is 0.255 e. The van der Waals surface area contributed by atoms with Gasteiger partial charge < -0.3 is 29.8 Å². The molecule has 1 aromatic heterocycles. The number of carbonyl (C=O) groups excluding carboxylic acids is 1. The van der Waals surface area contributed by atoms with Crippen molar-refractivity contribution in [1.29, 1.82) is 0 Å². The summed E-state index contributed by atoms with van der Waals surface area (Å²) in [6.07, 6.45) is 5.96. The van der Waals surface area contributed by atoms with Gasteiger partial charge in [0.2, 0.25) is 0 Å². The van der Waals surface area contributed by atoms with Crippen molar-refractivity contribution in [3.8, 4) is 5.75 Å². The summed E-state index contributed by atoms with van der Waals surface area (Å²) in [5, 5.41) is 18.1. The second-order valence-corrected chi connectivity index (χ2v) is 11.0. The zero-order valence-electron chi connectivity index (χ0n) is 22.2. The summed E-state index contributed by atoms with van der Waals surface area (Å²) in [6, 6.07) is 14.0. The van der Waals surface area contributed by atoms with Crippen molar-refractivity contribution in [3.63, 3.8) is 0 Å². The topological polar surface area (TPSA) is 84.8 Å². The quantitative estimate of drug-likeness (QED) is 0.398. The predicted molar refractivity (Wildman–Crippen MR) is 146 cm³/mol. The van der Waals surface area contributed by atoms with Gasteiger partial charge in [-0.3, -0.25) is 4.79 Å². The molecule has 3 aromatic rings. The molecule has 3 N–H and O–H groups in total. The van der Waals surface area contributed by atoms with Crippen molar-refractivity contribution in [2.75, 3.05) is 18.5 Å². The van der Waals surface area contributed by atoms with Crippen molar-refractivity contribution in [3.05, 3.63) is 59.3 Å². The van der Waals surface area contributed by atoms with Gasteiger partial charge in [-0.1, -0.05) is 0 Å². The number of fused-ring (bicyclic) bond motifs is 1. The zero-order chi connectivity index (χ0) is 26.0. The Bertz CT molecular complexity index is 1230.